The molecule has 0 saturated heterocycles. The minimum Gasteiger partial charge on any atom is -0.499 e. The number of hydrogen-bond acceptors (Lipinski definition) is 3. The van der Waals surface area contributed by atoms with E-state index in [-0.39, 0.29) is 0 Å². The van der Waals surface area contributed by atoms with Crippen molar-refractivity contribution in [3.05, 3.63) is 12.3 Å². The quantitative estimate of drug-likeness (QED) is 0.170. The first kappa shape index (κ1) is 26.5. The summed E-state index contributed by atoms with van der Waals surface area (Å²) in [5.74, 6) is 0. The molecule has 0 rings (SSSR count). The Balaban J connectivity index is 3.16. The first-order chi connectivity index (χ1) is 13.2. The Morgan fingerprint density at radius 1 is 0.778 bits per heavy atom. The van der Waals surface area contributed by atoms with Crippen LogP contribution >= 0.6 is 0 Å². The molecule has 0 aromatic rings. The average molecular weight is 384 g/mol. The molecular formula is C24H49NO2. The number of allylic oxidation sites excluding steroid dienone is 1. The molecule has 0 amide bonds. The second-order valence-electron chi connectivity index (χ2n) is 8.31. The number of nitrogens with one attached hydrogen (secondary N) is 1. The highest BCUT2D eigenvalue weighted by atomic mass is 16.5. The average Bonchev–Trinajstić information content (AvgIpc) is 2.65. The van der Waals surface area contributed by atoms with Gasteiger partial charge in [0, 0.05) is 12.6 Å². The molecule has 0 radical (unpaired) electrons. The van der Waals surface area contributed by atoms with Crippen LogP contribution in [-0.2, 0) is 4.74 Å². The van der Waals surface area contributed by atoms with Crippen LogP contribution < -0.4 is 5.32 Å². The Labute approximate surface area is 170 Å². The van der Waals surface area contributed by atoms with Gasteiger partial charge in [0.2, 0.25) is 0 Å². The highest BCUT2D eigenvalue weighted by molar-refractivity contribution is 4.74. The minimum atomic E-state index is -0.432. The van der Waals surface area contributed by atoms with Crippen LogP contribution in [0.25, 0.3) is 0 Å². The molecule has 0 fully saturated rings. The van der Waals surface area contributed by atoms with Crippen LogP contribution in [0.5, 0.6) is 0 Å². The van der Waals surface area contributed by atoms with Gasteiger partial charge in [0.15, 0.2) is 0 Å². The van der Waals surface area contributed by atoms with Crippen molar-refractivity contribution in [2.75, 3.05) is 13.2 Å². The maximum Gasteiger partial charge on any atom is 0.114 e. The Morgan fingerprint density at radius 2 is 1.26 bits per heavy atom. The van der Waals surface area contributed by atoms with E-state index in [0.717, 1.165) is 6.42 Å². The first-order valence-electron chi connectivity index (χ1n) is 11.8. The van der Waals surface area contributed by atoms with E-state index in [0.29, 0.717) is 19.2 Å². The zero-order chi connectivity index (χ0) is 20.0. The number of ether oxygens (including phenoxy) is 1. The van der Waals surface area contributed by atoms with Crippen molar-refractivity contribution < 1.29 is 9.84 Å². The van der Waals surface area contributed by atoms with E-state index in [1.165, 1.54) is 89.9 Å². The summed E-state index contributed by atoms with van der Waals surface area (Å²) in [5.41, 5.74) is 0. The van der Waals surface area contributed by atoms with Crippen molar-refractivity contribution in [2.24, 2.45) is 0 Å². The lowest BCUT2D eigenvalue weighted by atomic mass is 10.0. The van der Waals surface area contributed by atoms with Gasteiger partial charge in [0.1, 0.15) is 12.7 Å². The lowest BCUT2D eigenvalue weighted by molar-refractivity contribution is 0.0820. The van der Waals surface area contributed by atoms with E-state index in [2.05, 4.69) is 32.2 Å². The van der Waals surface area contributed by atoms with Crippen molar-refractivity contribution >= 4 is 0 Å². The Kier molecular flexibility index (Phi) is 21.3. The summed E-state index contributed by atoms with van der Waals surface area (Å²) in [6.07, 6.45) is 24.1. The minimum absolute atomic E-state index is 0.370. The molecule has 0 spiro atoms. The normalized spacial score (nSPS) is 12.9. The summed E-state index contributed by atoms with van der Waals surface area (Å²) in [5, 5.41) is 12.9. The molecule has 162 valence electrons. The summed E-state index contributed by atoms with van der Waals surface area (Å²) in [7, 11) is 0. The van der Waals surface area contributed by atoms with E-state index in [1.54, 1.807) is 6.26 Å². The van der Waals surface area contributed by atoms with Gasteiger partial charge in [-0.15, -0.1) is 0 Å². The van der Waals surface area contributed by atoms with Gasteiger partial charge < -0.3 is 15.2 Å². The predicted octanol–water partition coefficient (Wildman–Crippen LogP) is 6.75. The number of aliphatic hydroxyl groups is 1. The van der Waals surface area contributed by atoms with Crippen molar-refractivity contribution in [2.45, 2.75) is 129 Å². The molecule has 0 aromatic carbocycles. The second kappa shape index (κ2) is 21.8. The van der Waals surface area contributed by atoms with Crippen molar-refractivity contribution in [3.8, 4) is 0 Å². The van der Waals surface area contributed by atoms with Crippen LogP contribution in [0.3, 0.4) is 0 Å². The number of unbranched alkanes of at least 4 members (excludes halogenated alkanes) is 14. The lowest BCUT2D eigenvalue weighted by Gasteiger charge is -2.13. The van der Waals surface area contributed by atoms with Crippen LogP contribution in [0.1, 0.15) is 117 Å². The van der Waals surface area contributed by atoms with Crippen molar-refractivity contribution in [3.63, 3.8) is 0 Å². The molecule has 27 heavy (non-hydrogen) atoms. The number of aliphatic hydroxyl groups excluding tert-OH is 1. The summed E-state index contributed by atoms with van der Waals surface area (Å²) in [6.45, 7) is 7.39. The fraction of sp³-hybridized carbons (Fsp3) is 0.917. The summed E-state index contributed by atoms with van der Waals surface area (Å²) >= 11 is 0. The Bertz CT molecular complexity index is 305. The van der Waals surface area contributed by atoms with Gasteiger partial charge in [0.05, 0.1) is 6.26 Å². The van der Waals surface area contributed by atoms with Crippen molar-refractivity contribution in [1.29, 1.82) is 0 Å². The Hall–Kier alpha value is -0.540. The van der Waals surface area contributed by atoms with Crippen LogP contribution in [0, 0.1) is 0 Å². The molecule has 1 unspecified atom stereocenters. The lowest BCUT2D eigenvalue weighted by Crippen LogP contribution is -2.34. The largest absolute Gasteiger partial charge is 0.499 e. The zero-order valence-electron chi connectivity index (χ0n) is 18.7. The molecule has 0 aliphatic rings. The number of rotatable bonds is 21. The van der Waals surface area contributed by atoms with Crippen LogP contribution in [0.15, 0.2) is 12.3 Å². The predicted molar refractivity (Wildman–Crippen MR) is 119 cm³/mol. The van der Waals surface area contributed by atoms with Gasteiger partial charge in [-0.2, -0.15) is 0 Å². The SMILES string of the molecule is CCCCCCCCCCCCCCCC/C=C/OCC(O)CNC(C)C. The molecular weight excluding hydrogens is 334 g/mol. The molecule has 3 nitrogen and oxygen atoms in total. The van der Waals surface area contributed by atoms with E-state index in [1.807, 2.05) is 0 Å². The molecule has 0 aromatic heterocycles. The third-order valence-corrected chi connectivity index (χ3v) is 4.97. The van der Waals surface area contributed by atoms with Gasteiger partial charge in [-0.25, -0.2) is 0 Å². The van der Waals surface area contributed by atoms with Crippen molar-refractivity contribution in [1.82, 2.24) is 5.32 Å². The van der Waals surface area contributed by atoms with Gasteiger partial charge in [0.25, 0.3) is 0 Å². The summed E-state index contributed by atoms with van der Waals surface area (Å²) in [6, 6.07) is 0.399. The van der Waals surface area contributed by atoms with Gasteiger partial charge in [-0.1, -0.05) is 104 Å². The summed E-state index contributed by atoms with van der Waals surface area (Å²) < 4.78 is 5.38. The standard InChI is InChI=1S/C24H49NO2/c1-4-5-6-7-8-9-10-11-12-13-14-15-16-17-18-19-20-27-22-24(26)21-25-23(2)3/h19-20,23-26H,4-18,21-22H2,1-3H3/b20-19+. The molecule has 0 heterocycles. The molecule has 3 heteroatoms. The van der Waals surface area contributed by atoms with E-state index >= 15 is 0 Å². The molecule has 0 aliphatic heterocycles. The van der Waals surface area contributed by atoms with Crippen LogP contribution in [-0.4, -0.2) is 30.4 Å². The molecule has 0 bridgehead atoms. The van der Waals surface area contributed by atoms with Crippen LogP contribution in [0.4, 0.5) is 0 Å². The fourth-order valence-corrected chi connectivity index (χ4v) is 3.19. The monoisotopic (exact) mass is 383 g/mol. The maximum absolute atomic E-state index is 9.71. The highest BCUT2D eigenvalue weighted by Crippen LogP contribution is 2.13. The smallest absolute Gasteiger partial charge is 0.114 e. The van der Waals surface area contributed by atoms with Gasteiger partial charge in [-0.3, -0.25) is 0 Å². The second-order valence-corrected chi connectivity index (χ2v) is 8.31. The molecule has 0 saturated carbocycles. The fourth-order valence-electron chi connectivity index (χ4n) is 3.19. The van der Waals surface area contributed by atoms with Gasteiger partial charge in [-0.05, 0) is 18.9 Å². The number of hydrogen-bond donors (Lipinski definition) is 2. The highest BCUT2D eigenvalue weighted by Gasteiger charge is 2.03. The third kappa shape index (κ3) is 23.4. The van der Waals surface area contributed by atoms with Gasteiger partial charge >= 0.3 is 0 Å². The van der Waals surface area contributed by atoms with E-state index < -0.39 is 6.10 Å². The topological polar surface area (TPSA) is 41.5 Å². The van der Waals surface area contributed by atoms with Crippen LogP contribution in [0.2, 0.25) is 0 Å². The first-order valence-corrected chi connectivity index (χ1v) is 11.8. The third-order valence-electron chi connectivity index (χ3n) is 4.97. The molecule has 2 N–H and O–H groups in total. The summed E-state index contributed by atoms with van der Waals surface area (Å²) in [4.78, 5) is 0. The van der Waals surface area contributed by atoms with E-state index in [4.69, 9.17) is 4.74 Å². The Morgan fingerprint density at radius 3 is 1.74 bits per heavy atom. The molecule has 1 atom stereocenters. The zero-order valence-corrected chi connectivity index (χ0v) is 18.7. The molecule has 0 aliphatic carbocycles. The van der Waals surface area contributed by atoms with E-state index in [9.17, 15) is 5.11 Å². The maximum atomic E-state index is 9.71.